The Labute approximate surface area is 122 Å². The summed E-state index contributed by atoms with van der Waals surface area (Å²) < 4.78 is 0. The first-order valence-corrected chi connectivity index (χ1v) is 3.34. The summed E-state index contributed by atoms with van der Waals surface area (Å²) in [5.41, 5.74) is 0. The minimum absolute atomic E-state index is 0. The van der Waals surface area contributed by atoms with Gasteiger partial charge >= 0.3 is 88.7 Å². The zero-order chi connectivity index (χ0) is 4.50. The molecule has 0 saturated heterocycles. The predicted octanol–water partition coefficient (Wildman–Crippen LogP) is -13.2. The monoisotopic (exact) mass is 178 g/mol. The molecule has 0 heterocycles. The number of hydrogen-bond donors (Lipinski definition) is 0. The molecule has 40 valence electrons. The fourth-order valence-electron chi connectivity index (χ4n) is 0. The molecule has 8 heteroatoms. The van der Waals surface area contributed by atoms with Gasteiger partial charge < -0.3 is 19.9 Å². The molecule has 2 N–H and O–H groups in total. The van der Waals surface area contributed by atoms with E-state index in [-0.39, 0.29) is 94.1 Å². The Morgan fingerprint density at radius 1 is 0.889 bits per heavy atom. The Morgan fingerprint density at radius 2 is 0.889 bits per heavy atom. The molecule has 0 amide bonds. The van der Waals surface area contributed by atoms with E-state index >= 15 is 0 Å². The van der Waals surface area contributed by atoms with Crippen molar-refractivity contribution in [2.75, 3.05) is 0 Å². The molecule has 0 aliphatic carbocycles. The van der Waals surface area contributed by atoms with Crippen LogP contribution in [0.4, 0.5) is 0 Å². The van der Waals surface area contributed by atoms with Gasteiger partial charge in [0, 0.05) is 0 Å². The maximum absolute atomic E-state index is 9.13. The van der Waals surface area contributed by atoms with Gasteiger partial charge in [0.1, 0.15) is 0 Å². The van der Waals surface area contributed by atoms with Gasteiger partial charge in [0.2, 0.25) is 0 Å². The first kappa shape index (κ1) is 29.6. The van der Waals surface area contributed by atoms with E-state index in [1.807, 2.05) is 0 Å². The standard InChI is InChI=1S/CH3O3Si.3Na.H2O/c1-5(2,3)4;;;;/h1H3;;;;1H2/q-3;3*+1;. The van der Waals surface area contributed by atoms with Crippen LogP contribution in [-0.2, 0) is 0 Å². The zero-order valence-corrected chi connectivity index (χ0v) is 13.2. The van der Waals surface area contributed by atoms with E-state index in [4.69, 9.17) is 14.4 Å². The molecule has 0 saturated carbocycles. The van der Waals surface area contributed by atoms with Gasteiger partial charge in [0.05, 0.1) is 0 Å². The quantitative estimate of drug-likeness (QED) is 0.344. The Balaban J connectivity index is -0.0000000133. The summed E-state index contributed by atoms with van der Waals surface area (Å²) in [6.45, 7) is 0.660. The molecule has 0 aliphatic heterocycles. The molecule has 0 fully saturated rings. The smallest absolute Gasteiger partial charge is 0.881 e. The Bertz CT molecular complexity index is 31.3. The van der Waals surface area contributed by atoms with Gasteiger partial charge in [-0.1, -0.05) is 0 Å². The van der Waals surface area contributed by atoms with Crippen LogP contribution >= 0.6 is 0 Å². The first-order valence-electron chi connectivity index (χ1n) is 1.11. The second-order valence-corrected chi connectivity index (χ2v) is 2.59. The van der Waals surface area contributed by atoms with Crippen molar-refractivity contribution in [3.05, 3.63) is 0 Å². The molecular formula is CH5Na3O4Si. The van der Waals surface area contributed by atoms with Crippen LogP contribution < -0.4 is 103 Å². The van der Waals surface area contributed by atoms with Gasteiger partial charge in [-0.3, -0.25) is 8.80 Å². The van der Waals surface area contributed by atoms with Crippen LogP contribution in [0.25, 0.3) is 0 Å². The molecule has 9 heavy (non-hydrogen) atoms. The van der Waals surface area contributed by atoms with Crippen molar-refractivity contribution in [1.82, 2.24) is 0 Å². The molecule has 0 spiro atoms. The summed E-state index contributed by atoms with van der Waals surface area (Å²) in [6, 6.07) is 0. The number of hydrogen-bond acceptors (Lipinski definition) is 3. The summed E-state index contributed by atoms with van der Waals surface area (Å²) in [4.78, 5) is 27.4. The summed E-state index contributed by atoms with van der Waals surface area (Å²) >= 11 is 0. The molecule has 0 atom stereocenters. The first-order chi connectivity index (χ1) is 2.00. The van der Waals surface area contributed by atoms with E-state index in [9.17, 15) is 0 Å². The minimum atomic E-state index is -4.36. The Kier molecular flexibility index (Phi) is 44.8. The summed E-state index contributed by atoms with van der Waals surface area (Å²) in [7, 11) is -4.36. The van der Waals surface area contributed by atoms with E-state index in [2.05, 4.69) is 0 Å². The summed E-state index contributed by atoms with van der Waals surface area (Å²) in [5.74, 6) is 0. The SMILES string of the molecule is C[Si]([O-])([O-])[O-].O.[Na+].[Na+].[Na+]. The van der Waals surface area contributed by atoms with Crippen molar-refractivity contribution in [2.24, 2.45) is 0 Å². The molecule has 0 radical (unpaired) electrons. The third-order valence-electron chi connectivity index (χ3n) is 0. The summed E-state index contributed by atoms with van der Waals surface area (Å²) in [6.07, 6.45) is 0. The maximum atomic E-state index is 9.13. The largest absolute Gasteiger partial charge is 1.00 e. The second kappa shape index (κ2) is 13.6. The fourth-order valence-corrected chi connectivity index (χ4v) is 0. The molecule has 0 unspecified atom stereocenters. The van der Waals surface area contributed by atoms with Crippen LogP contribution in [0, 0.1) is 0 Å². The predicted molar refractivity (Wildman–Crippen MR) is 15.2 cm³/mol. The van der Waals surface area contributed by atoms with Crippen molar-refractivity contribution in [3.8, 4) is 0 Å². The fraction of sp³-hybridized carbons (Fsp3) is 1.00. The van der Waals surface area contributed by atoms with Crippen LogP contribution in [0.15, 0.2) is 0 Å². The van der Waals surface area contributed by atoms with Crippen molar-refractivity contribution in [3.63, 3.8) is 0 Å². The molecule has 0 aromatic heterocycles. The topological polar surface area (TPSA) is 101 Å². The third-order valence-corrected chi connectivity index (χ3v) is 0. The second-order valence-electron chi connectivity index (χ2n) is 0.862. The minimum Gasteiger partial charge on any atom is -0.881 e. The van der Waals surface area contributed by atoms with Gasteiger partial charge in [-0.05, 0) is 0 Å². The van der Waals surface area contributed by atoms with Gasteiger partial charge in [-0.2, -0.15) is 0 Å². The Morgan fingerprint density at radius 3 is 0.889 bits per heavy atom. The number of rotatable bonds is 0. The molecule has 0 aliphatic rings. The van der Waals surface area contributed by atoms with Crippen LogP contribution in [0.3, 0.4) is 0 Å². The van der Waals surface area contributed by atoms with Crippen LogP contribution in [0.2, 0.25) is 6.55 Å². The van der Waals surface area contributed by atoms with Crippen LogP contribution in [-0.4, -0.2) is 14.3 Å². The van der Waals surface area contributed by atoms with E-state index in [1.165, 1.54) is 0 Å². The molecule has 0 bridgehead atoms. The van der Waals surface area contributed by atoms with Crippen molar-refractivity contribution < 1.29 is 109 Å². The molecule has 0 rings (SSSR count). The molecule has 0 aromatic carbocycles. The van der Waals surface area contributed by atoms with Gasteiger partial charge in [-0.15, -0.1) is 6.55 Å². The zero-order valence-electron chi connectivity index (χ0n) is 6.22. The normalized spacial score (nSPS) is 6.67. The third kappa shape index (κ3) is 97.1. The average molecular weight is 178 g/mol. The average Bonchev–Trinajstić information content (AvgIpc) is 0.722. The van der Waals surface area contributed by atoms with E-state index in [1.54, 1.807) is 0 Å². The van der Waals surface area contributed by atoms with Crippen LogP contribution in [0.5, 0.6) is 0 Å². The van der Waals surface area contributed by atoms with Crippen molar-refractivity contribution in [2.45, 2.75) is 6.55 Å². The van der Waals surface area contributed by atoms with Gasteiger partial charge in [0.15, 0.2) is 0 Å². The van der Waals surface area contributed by atoms with Gasteiger partial charge in [0.25, 0.3) is 0 Å². The molecule has 4 nitrogen and oxygen atoms in total. The maximum Gasteiger partial charge on any atom is 1.00 e. The Hall–Kier alpha value is 3.06. The van der Waals surface area contributed by atoms with E-state index < -0.39 is 8.80 Å². The summed E-state index contributed by atoms with van der Waals surface area (Å²) in [5, 5.41) is 0. The van der Waals surface area contributed by atoms with Crippen LogP contribution in [0.1, 0.15) is 0 Å². The van der Waals surface area contributed by atoms with Crippen molar-refractivity contribution in [1.29, 1.82) is 0 Å². The molecule has 0 aromatic rings. The van der Waals surface area contributed by atoms with Gasteiger partial charge in [-0.25, -0.2) is 0 Å². The van der Waals surface area contributed by atoms with E-state index in [0.717, 1.165) is 0 Å². The van der Waals surface area contributed by atoms with Crippen molar-refractivity contribution >= 4 is 8.80 Å². The molecular weight excluding hydrogens is 173 g/mol. The van der Waals surface area contributed by atoms with E-state index in [0.29, 0.717) is 6.55 Å².